The van der Waals surface area contributed by atoms with Crippen molar-refractivity contribution in [3.8, 4) is 11.1 Å². The summed E-state index contributed by atoms with van der Waals surface area (Å²) in [7, 11) is 0. The molecule has 0 aliphatic heterocycles. The third-order valence-electron chi connectivity index (χ3n) is 6.25. The van der Waals surface area contributed by atoms with Gasteiger partial charge < -0.3 is 20.1 Å². The highest BCUT2D eigenvalue weighted by molar-refractivity contribution is 5.97. The fourth-order valence-corrected chi connectivity index (χ4v) is 4.17. The van der Waals surface area contributed by atoms with Gasteiger partial charge in [-0.1, -0.05) is 76.1 Å². The van der Waals surface area contributed by atoms with Crippen LogP contribution in [0.15, 0.2) is 48.5 Å². The molecule has 7 nitrogen and oxygen atoms in total. The molecule has 1 aromatic heterocycles. The molecule has 7 heteroatoms. The Morgan fingerprint density at radius 2 is 1.72 bits per heavy atom. The minimum atomic E-state index is -0.843. The van der Waals surface area contributed by atoms with E-state index in [1.165, 1.54) is 0 Å². The van der Waals surface area contributed by atoms with Gasteiger partial charge in [0.25, 0.3) is 5.91 Å². The third kappa shape index (κ3) is 6.40. The van der Waals surface area contributed by atoms with Crippen molar-refractivity contribution < 1.29 is 19.4 Å². The molecule has 36 heavy (non-hydrogen) atoms. The van der Waals surface area contributed by atoms with Crippen molar-refractivity contribution in [2.45, 2.75) is 71.9 Å². The number of rotatable bonds is 13. The highest BCUT2D eigenvalue weighted by Gasteiger charge is 2.25. The zero-order valence-electron chi connectivity index (χ0n) is 21.5. The molecule has 1 unspecified atom stereocenters. The molecule has 0 aliphatic rings. The van der Waals surface area contributed by atoms with E-state index < -0.39 is 12.0 Å². The molecule has 0 aliphatic carbocycles. The first-order valence-corrected chi connectivity index (χ1v) is 12.8. The number of primary amides is 1. The molecule has 0 bridgehead atoms. The molecule has 0 saturated carbocycles. The molecular weight excluding hydrogens is 454 g/mol. The molecule has 1 amide bonds. The van der Waals surface area contributed by atoms with Crippen LogP contribution in [0, 0.1) is 0 Å². The standard InChI is InChI=1S/C29H37N3O4/c1-4-7-13-25-31-26(24(33)6-3)27(28(30)34)32(25)19-20-14-16-21(17-15-20)22-11-9-10-12-23(22)29(35)36-18-8-5-2/h9-12,14-17,24,33H,4-8,13,18-19H2,1-3H3,(H2,30,34). The Bertz CT molecular complexity index is 1170. The minimum Gasteiger partial charge on any atom is -0.462 e. The van der Waals surface area contributed by atoms with Crippen LogP contribution in [0.1, 0.15) is 96.9 Å². The van der Waals surface area contributed by atoms with Gasteiger partial charge in [0.05, 0.1) is 18.3 Å². The summed E-state index contributed by atoms with van der Waals surface area (Å²) < 4.78 is 7.27. The van der Waals surface area contributed by atoms with E-state index in [0.717, 1.165) is 48.2 Å². The highest BCUT2D eigenvalue weighted by Crippen LogP contribution is 2.27. The minimum absolute atomic E-state index is 0.264. The Morgan fingerprint density at radius 1 is 1.03 bits per heavy atom. The Balaban J connectivity index is 1.91. The first-order chi connectivity index (χ1) is 17.4. The van der Waals surface area contributed by atoms with Crippen molar-refractivity contribution in [2.24, 2.45) is 5.73 Å². The number of nitrogens with zero attached hydrogens (tertiary/aromatic N) is 2. The summed E-state index contributed by atoms with van der Waals surface area (Å²) >= 11 is 0. The number of hydrogen-bond donors (Lipinski definition) is 2. The molecule has 2 aromatic carbocycles. The van der Waals surface area contributed by atoms with Gasteiger partial charge in [-0.15, -0.1) is 0 Å². The van der Waals surface area contributed by atoms with Crippen molar-refractivity contribution >= 4 is 11.9 Å². The normalized spacial score (nSPS) is 11.9. The maximum atomic E-state index is 12.6. The Hall–Kier alpha value is -3.45. The van der Waals surface area contributed by atoms with Gasteiger partial charge in [0.2, 0.25) is 0 Å². The lowest BCUT2D eigenvalue weighted by atomic mass is 9.98. The van der Waals surface area contributed by atoms with Crippen LogP contribution in [-0.2, 0) is 17.7 Å². The fraction of sp³-hybridized carbons (Fsp3) is 0.414. The van der Waals surface area contributed by atoms with E-state index in [1.54, 1.807) is 6.07 Å². The second-order valence-electron chi connectivity index (χ2n) is 8.97. The van der Waals surface area contributed by atoms with Crippen molar-refractivity contribution in [3.63, 3.8) is 0 Å². The van der Waals surface area contributed by atoms with Crippen LogP contribution in [0.5, 0.6) is 0 Å². The average molecular weight is 492 g/mol. The number of carbonyl (C=O) groups excluding carboxylic acids is 2. The number of amides is 1. The quantitative estimate of drug-likeness (QED) is 0.244. The average Bonchev–Trinajstić information content (AvgIpc) is 3.25. The van der Waals surface area contributed by atoms with Crippen LogP contribution >= 0.6 is 0 Å². The van der Waals surface area contributed by atoms with E-state index in [4.69, 9.17) is 10.5 Å². The van der Waals surface area contributed by atoms with Gasteiger partial charge in [-0.2, -0.15) is 0 Å². The third-order valence-corrected chi connectivity index (χ3v) is 6.25. The molecule has 3 rings (SSSR count). The number of imidazole rings is 1. The van der Waals surface area contributed by atoms with Gasteiger partial charge in [0.15, 0.2) is 0 Å². The number of aliphatic hydroxyl groups excluding tert-OH is 1. The Kier molecular flexibility index (Phi) is 9.82. The van der Waals surface area contributed by atoms with E-state index in [1.807, 2.05) is 54.0 Å². The van der Waals surface area contributed by atoms with Gasteiger partial charge in [-0.05, 0) is 42.0 Å². The summed E-state index contributed by atoms with van der Waals surface area (Å²) in [5.74, 6) is -0.174. The Morgan fingerprint density at radius 3 is 2.36 bits per heavy atom. The number of ether oxygens (including phenoxy) is 1. The van der Waals surface area contributed by atoms with Crippen molar-refractivity contribution in [1.29, 1.82) is 0 Å². The van der Waals surface area contributed by atoms with Crippen LogP contribution < -0.4 is 5.73 Å². The fourth-order valence-electron chi connectivity index (χ4n) is 4.17. The molecule has 1 atom stereocenters. The predicted molar refractivity (Wildman–Crippen MR) is 141 cm³/mol. The maximum Gasteiger partial charge on any atom is 0.338 e. The topological polar surface area (TPSA) is 107 Å². The summed E-state index contributed by atoms with van der Waals surface area (Å²) in [6.45, 7) is 6.81. The summed E-state index contributed by atoms with van der Waals surface area (Å²) in [6.07, 6.45) is 3.99. The molecule has 3 aromatic rings. The summed E-state index contributed by atoms with van der Waals surface area (Å²) in [4.78, 5) is 29.6. The number of hydrogen-bond acceptors (Lipinski definition) is 5. The SMILES string of the molecule is CCCCOC(=O)c1ccccc1-c1ccc(Cn2c(CCCC)nc(C(O)CC)c2C(N)=O)cc1. The molecule has 0 radical (unpaired) electrons. The summed E-state index contributed by atoms with van der Waals surface area (Å²) in [6, 6.07) is 15.3. The lowest BCUT2D eigenvalue weighted by molar-refractivity contribution is 0.0500. The number of aliphatic hydroxyl groups is 1. The number of aromatic nitrogens is 2. The van der Waals surface area contributed by atoms with Gasteiger partial charge in [0.1, 0.15) is 17.2 Å². The van der Waals surface area contributed by atoms with E-state index in [-0.39, 0.29) is 11.7 Å². The van der Waals surface area contributed by atoms with Gasteiger partial charge in [0, 0.05) is 13.0 Å². The van der Waals surface area contributed by atoms with Crippen LogP contribution in [0.2, 0.25) is 0 Å². The molecule has 3 N–H and O–H groups in total. The molecular formula is C29H37N3O4. The lowest BCUT2D eigenvalue weighted by Crippen LogP contribution is -2.21. The molecule has 0 fully saturated rings. The van der Waals surface area contributed by atoms with Crippen LogP contribution in [0.4, 0.5) is 0 Å². The van der Waals surface area contributed by atoms with Gasteiger partial charge in [-0.3, -0.25) is 4.79 Å². The number of nitrogens with two attached hydrogens (primary N) is 1. The van der Waals surface area contributed by atoms with E-state index in [9.17, 15) is 14.7 Å². The highest BCUT2D eigenvalue weighted by atomic mass is 16.5. The van der Waals surface area contributed by atoms with Crippen molar-refractivity contribution in [1.82, 2.24) is 9.55 Å². The summed E-state index contributed by atoms with van der Waals surface area (Å²) in [5.41, 5.74) is 9.55. The zero-order valence-corrected chi connectivity index (χ0v) is 21.5. The Labute approximate surface area is 213 Å². The van der Waals surface area contributed by atoms with Crippen LogP contribution in [-0.4, -0.2) is 33.1 Å². The predicted octanol–water partition coefficient (Wildman–Crippen LogP) is 5.44. The zero-order chi connectivity index (χ0) is 26.1. The smallest absolute Gasteiger partial charge is 0.338 e. The van der Waals surface area contributed by atoms with Crippen LogP contribution in [0.25, 0.3) is 11.1 Å². The molecule has 0 saturated heterocycles. The van der Waals surface area contributed by atoms with Gasteiger partial charge >= 0.3 is 5.97 Å². The van der Waals surface area contributed by atoms with Crippen LogP contribution in [0.3, 0.4) is 0 Å². The van der Waals surface area contributed by atoms with E-state index >= 15 is 0 Å². The largest absolute Gasteiger partial charge is 0.462 e. The maximum absolute atomic E-state index is 12.6. The van der Waals surface area contributed by atoms with E-state index in [0.29, 0.717) is 37.3 Å². The lowest BCUT2D eigenvalue weighted by Gasteiger charge is -2.13. The monoisotopic (exact) mass is 491 g/mol. The number of carbonyl (C=O) groups is 2. The molecule has 192 valence electrons. The van der Waals surface area contributed by atoms with Gasteiger partial charge in [-0.25, -0.2) is 9.78 Å². The van der Waals surface area contributed by atoms with Crippen molar-refractivity contribution in [3.05, 3.63) is 76.9 Å². The second kappa shape index (κ2) is 13.0. The number of unbranched alkanes of at least 4 members (excludes halogenated alkanes) is 2. The summed E-state index contributed by atoms with van der Waals surface area (Å²) in [5, 5.41) is 10.5. The van der Waals surface area contributed by atoms with Crippen molar-refractivity contribution in [2.75, 3.05) is 6.61 Å². The second-order valence-corrected chi connectivity index (χ2v) is 8.97. The molecule has 1 heterocycles. The first-order valence-electron chi connectivity index (χ1n) is 12.8. The first kappa shape index (κ1) is 27.1. The number of esters is 1. The molecule has 0 spiro atoms. The number of aryl methyl sites for hydroxylation is 1. The number of benzene rings is 2. The van der Waals surface area contributed by atoms with E-state index in [2.05, 4.69) is 18.8 Å².